The number of rotatable bonds is 5. The third-order valence-corrected chi connectivity index (χ3v) is 4.95. The maximum Gasteiger partial charge on any atom is 0.333 e. The Bertz CT molecular complexity index is 801. The number of aliphatic carboxylic acids is 1. The van der Waals surface area contributed by atoms with Crippen molar-refractivity contribution in [3.05, 3.63) is 51.5 Å². The van der Waals surface area contributed by atoms with Crippen molar-refractivity contribution in [2.24, 2.45) is 0 Å². The van der Waals surface area contributed by atoms with E-state index in [1.807, 2.05) is 0 Å². The lowest BCUT2D eigenvalue weighted by atomic mass is 9.92. The van der Waals surface area contributed by atoms with Crippen LogP contribution < -0.4 is 5.32 Å². The molecule has 1 aromatic heterocycles. The van der Waals surface area contributed by atoms with Crippen molar-refractivity contribution >= 4 is 27.8 Å². The first-order valence-corrected chi connectivity index (χ1v) is 8.18. The number of hydrogen-bond donors (Lipinski definition) is 3. The van der Waals surface area contributed by atoms with E-state index in [0.717, 1.165) is 30.7 Å². The number of benzene rings is 1. The van der Waals surface area contributed by atoms with Crippen LogP contribution in [0.3, 0.4) is 0 Å². The number of H-pyrrole nitrogens is 1. The maximum absolute atomic E-state index is 13.1. The van der Waals surface area contributed by atoms with Gasteiger partial charge in [-0.05, 0) is 53.4 Å². The second-order valence-corrected chi connectivity index (χ2v) is 6.76. The number of nitrogens with one attached hydrogen (secondary N) is 2. The molecule has 0 radical (unpaired) electrons. The first-order valence-electron chi connectivity index (χ1n) is 7.38. The van der Waals surface area contributed by atoms with E-state index in [1.54, 1.807) is 0 Å². The van der Waals surface area contributed by atoms with Crippen molar-refractivity contribution in [1.29, 1.82) is 0 Å². The fraction of sp³-hybridized carbons (Fsp3) is 0.312. The molecule has 1 aliphatic rings. The van der Waals surface area contributed by atoms with Crippen molar-refractivity contribution in [3.63, 3.8) is 0 Å². The van der Waals surface area contributed by atoms with Crippen LogP contribution in [0.2, 0.25) is 0 Å². The van der Waals surface area contributed by atoms with Crippen LogP contribution in [0, 0.1) is 5.82 Å². The molecular weight excluding hydrogens is 381 g/mol. The van der Waals surface area contributed by atoms with Gasteiger partial charge in [0, 0.05) is 5.92 Å². The minimum atomic E-state index is -1.71. The highest BCUT2D eigenvalue weighted by Crippen LogP contribution is 2.43. The van der Waals surface area contributed by atoms with E-state index in [-0.39, 0.29) is 11.3 Å². The monoisotopic (exact) mass is 395 g/mol. The van der Waals surface area contributed by atoms with Crippen LogP contribution in [-0.2, 0) is 10.3 Å². The molecule has 0 spiro atoms. The van der Waals surface area contributed by atoms with E-state index < -0.39 is 23.2 Å². The van der Waals surface area contributed by atoms with Gasteiger partial charge in [0.05, 0.1) is 10.2 Å². The van der Waals surface area contributed by atoms with Gasteiger partial charge in [0.2, 0.25) is 0 Å². The zero-order chi connectivity index (χ0) is 17.5. The average molecular weight is 396 g/mol. The number of nitrogens with zero attached hydrogens (tertiary/aromatic N) is 1. The molecule has 3 N–H and O–H groups in total. The van der Waals surface area contributed by atoms with Gasteiger partial charge in [0.25, 0.3) is 5.91 Å². The summed E-state index contributed by atoms with van der Waals surface area (Å²) in [6, 6.07) is 4.97. The molecule has 1 aliphatic carbocycles. The van der Waals surface area contributed by atoms with Crippen molar-refractivity contribution < 1.29 is 19.1 Å². The van der Waals surface area contributed by atoms with Crippen molar-refractivity contribution in [2.45, 2.75) is 31.2 Å². The smallest absolute Gasteiger partial charge is 0.333 e. The number of carboxylic acids is 1. The van der Waals surface area contributed by atoms with Crippen LogP contribution in [0.15, 0.2) is 28.7 Å². The van der Waals surface area contributed by atoms with Gasteiger partial charge in [-0.3, -0.25) is 9.89 Å². The number of carbonyl (C=O) groups is 2. The van der Waals surface area contributed by atoms with Gasteiger partial charge in [-0.1, -0.05) is 12.1 Å². The Morgan fingerprint density at radius 1 is 1.38 bits per heavy atom. The Hall–Kier alpha value is -2.22. The molecule has 1 fully saturated rings. The molecule has 126 valence electrons. The zero-order valence-electron chi connectivity index (χ0n) is 12.8. The van der Waals surface area contributed by atoms with Gasteiger partial charge in [0.15, 0.2) is 11.2 Å². The van der Waals surface area contributed by atoms with E-state index in [0.29, 0.717) is 10.4 Å². The van der Waals surface area contributed by atoms with E-state index in [1.165, 1.54) is 19.1 Å². The van der Waals surface area contributed by atoms with Gasteiger partial charge in [-0.15, -0.1) is 0 Å². The van der Waals surface area contributed by atoms with Crippen molar-refractivity contribution in [3.8, 4) is 0 Å². The standard InChI is InChI=1S/C16H15BrFN3O3/c1-16(15(23)24,9-4-6-10(18)7-5-9)19-14(22)13-11(17)12(20-21-13)8-2-3-8/h4-8H,2-3H2,1H3,(H,19,22)(H,20,21)(H,23,24). The lowest BCUT2D eigenvalue weighted by Gasteiger charge is -2.26. The number of halogens is 2. The quantitative estimate of drug-likeness (QED) is 0.725. The molecule has 0 saturated heterocycles. The molecule has 6 nitrogen and oxygen atoms in total. The molecule has 0 aliphatic heterocycles. The van der Waals surface area contributed by atoms with Gasteiger partial charge in [-0.25, -0.2) is 9.18 Å². The topological polar surface area (TPSA) is 95.1 Å². The molecule has 1 heterocycles. The fourth-order valence-corrected chi connectivity index (χ4v) is 3.13. The summed E-state index contributed by atoms with van der Waals surface area (Å²) in [5, 5.41) is 18.9. The van der Waals surface area contributed by atoms with Crippen LogP contribution in [0.5, 0.6) is 0 Å². The molecule has 2 aromatic rings. The highest BCUT2D eigenvalue weighted by molar-refractivity contribution is 9.10. The number of hydrogen-bond acceptors (Lipinski definition) is 3. The molecule has 0 bridgehead atoms. The zero-order valence-corrected chi connectivity index (χ0v) is 14.4. The first-order chi connectivity index (χ1) is 11.3. The summed E-state index contributed by atoms with van der Waals surface area (Å²) in [6.07, 6.45) is 2.06. The summed E-state index contributed by atoms with van der Waals surface area (Å²) in [5.41, 5.74) is -0.493. The van der Waals surface area contributed by atoms with Crippen molar-refractivity contribution in [2.75, 3.05) is 0 Å². The summed E-state index contributed by atoms with van der Waals surface area (Å²) in [5.74, 6) is -2.01. The average Bonchev–Trinajstić information content (AvgIpc) is 3.30. The minimum absolute atomic E-state index is 0.103. The molecular formula is C16H15BrFN3O3. The van der Waals surface area contributed by atoms with E-state index in [9.17, 15) is 19.1 Å². The Balaban J connectivity index is 1.89. The summed E-state index contributed by atoms with van der Waals surface area (Å²) in [7, 11) is 0. The maximum atomic E-state index is 13.1. The second-order valence-electron chi connectivity index (χ2n) is 5.97. The summed E-state index contributed by atoms with van der Waals surface area (Å²) in [4.78, 5) is 24.3. The summed E-state index contributed by atoms with van der Waals surface area (Å²) < 4.78 is 13.6. The minimum Gasteiger partial charge on any atom is -0.479 e. The van der Waals surface area contributed by atoms with E-state index >= 15 is 0 Å². The van der Waals surface area contributed by atoms with Crippen molar-refractivity contribution in [1.82, 2.24) is 15.5 Å². The van der Waals surface area contributed by atoms with Gasteiger partial charge in [-0.2, -0.15) is 5.10 Å². The Labute approximate surface area is 145 Å². The van der Waals surface area contributed by atoms with E-state index in [2.05, 4.69) is 31.4 Å². The SMILES string of the molecule is CC(NC(=O)c1n[nH]c(C2CC2)c1Br)(C(=O)O)c1ccc(F)cc1. The Morgan fingerprint density at radius 2 is 2.00 bits per heavy atom. The number of aromatic amines is 1. The predicted molar refractivity (Wildman–Crippen MR) is 87.1 cm³/mol. The molecule has 1 aromatic carbocycles. The highest BCUT2D eigenvalue weighted by atomic mass is 79.9. The largest absolute Gasteiger partial charge is 0.479 e. The highest BCUT2D eigenvalue weighted by Gasteiger charge is 2.39. The second kappa shape index (κ2) is 6.01. The molecule has 24 heavy (non-hydrogen) atoms. The summed E-state index contributed by atoms with van der Waals surface area (Å²) in [6.45, 7) is 1.35. The fourth-order valence-electron chi connectivity index (χ4n) is 2.45. The first kappa shape index (κ1) is 16.6. The molecule has 1 unspecified atom stereocenters. The molecule has 1 saturated carbocycles. The van der Waals surface area contributed by atoms with Crippen LogP contribution in [0.4, 0.5) is 4.39 Å². The molecule has 3 rings (SSSR count). The van der Waals surface area contributed by atoms with Crippen LogP contribution in [0.25, 0.3) is 0 Å². The Kier molecular flexibility index (Phi) is 4.16. The molecule has 8 heteroatoms. The number of carbonyl (C=O) groups excluding carboxylic acids is 1. The third kappa shape index (κ3) is 2.93. The van der Waals surface area contributed by atoms with Gasteiger partial charge in [0.1, 0.15) is 5.82 Å². The number of carboxylic acid groups (broad SMARTS) is 1. The lowest BCUT2D eigenvalue weighted by molar-refractivity contribution is -0.144. The normalized spacial score (nSPS) is 16.5. The molecule has 1 amide bonds. The lowest BCUT2D eigenvalue weighted by Crippen LogP contribution is -2.49. The van der Waals surface area contributed by atoms with Gasteiger partial charge < -0.3 is 10.4 Å². The van der Waals surface area contributed by atoms with Crippen LogP contribution >= 0.6 is 15.9 Å². The van der Waals surface area contributed by atoms with E-state index in [4.69, 9.17) is 0 Å². The van der Waals surface area contributed by atoms with Crippen LogP contribution in [-0.4, -0.2) is 27.2 Å². The Morgan fingerprint density at radius 3 is 2.54 bits per heavy atom. The predicted octanol–water partition coefficient (Wildman–Crippen LogP) is 2.92. The number of amides is 1. The number of aromatic nitrogens is 2. The summed E-state index contributed by atoms with van der Waals surface area (Å²) >= 11 is 3.35. The molecule has 1 atom stereocenters. The van der Waals surface area contributed by atoms with Crippen LogP contribution in [0.1, 0.15) is 47.4 Å². The van der Waals surface area contributed by atoms with Gasteiger partial charge >= 0.3 is 5.97 Å². The third-order valence-electron chi connectivity index (χ3n) is 4.15.